The third-order valence-corrected chi connectivity index (χ3v) is 4.93. The van der Waals surface area contributed by atoms with Crippen molar-refractivity contribution in [2.24, 2.45) is 0 Å². The maximum Gasteiger partial charge on any atom is 0.265 e. The number of nitrogens with one attached hydrogen (secondary N) is 1. The van der Waals surface area contributed by atoms with Crippen molar-refractivity contribution in [3.05, 3.63) is 54.2 Å². The topological polar surface area (TPSA) is 92.1 Å². The van der Waals surface area contributed by atoms with Crippen LogP contribution in [0.25, 0.3) is 11.3 Å². The molecule has 0 aliphatic carbocycles. The highest BCUT2D eigenvalue weighted by Gasteiger charge is 2.34. The molecule has 3 aromatic rings. The summed E-state index contributed by atoms with van der Waals surface area (Å²) in [5.74, 6) is 2.88. The van der Waals surface area contributed by atoms with Crippen LogP contribution in [0.4, 0.5) is 0 Å². The number of rotatable bonds is 4. The lowest BCUT2D eigenvalue weighted by Gasteiger charge is -2.30. The average Bonchev–Trinajstić information content (AvgIpc) is 3.26. The van der Waals surface area contributed by atoms with E-state index in [1.54, 1.807) is 19.1 Å². The molecule has 2 aliphatic heterocycles. The monoisotopic (exact) mass is 408 g/mol. The molecule has 30 heavy (non-hydrogen) atoms. The minimum atomic E-state index is -0.746. The Morgan fingerprint density at radius 1 is 1.00 bits per heavy atom. The second-order valence-electron chi connectivity index (χ2n) is 7.07. The average molecular weight is 408 g/mol. The van der Waals surface area contributed by atoms with Crippen molar-refractivity contribution < 1.29 is 28.3 Å². The van der Waals surface area contributed by atoms with Crippen LogP contribution in [0.2, 0.25) is 0 Å². The molecule has 2 atom stereocenters. The molecule has 2 aromatic carbocycles. The maximum atomic E-state index is 12.6. The summed E-state index contributed by atoms with van der Waals surface area (Å²) in [6, 6.07) is 14.6. The first-order valence-electron chi connectivity index (χ1n) is 9.73. The predicted octanol–water partition coefficient (Wildman–Crippen LogP) is 2.96. The van der Waals surface area contributed by atoms with Gasteiger partial charge in [-0.05, 0) is 37.3 Å². The Kier molecular flexibility index (Phi) is 4.66. The number of para-hydroxylation sites is 2. The number of fused-ring (bicyclic) bond motifs is 2. The molecule has 1 amide bonds. The number of nitrogens with zero attached hydrogens (tertiary/aromatic N) is 1. The van der Waals surface area contributed by atoms with E-state index in [-0.39, 0.29) is 12.5 Å². The molecule has 0 bridgehead atoms. The first-order valence-corrected chi connectivity index (χ1v) is 9.73. The van der Waals surface area contributed by atoms with E-state index in [1.165, 1.54) is 0 Å². The van der Waals surface area contributed by atoms with E-state index in [2.05, 4.69) is 10.5 Å². The SMILES string of the molecule is CC1Oc2ccccc2OC1C(=O)NCc1cc(-c2ccc3c(c2)OCCO3)on1. The fraction of sp³-hybridized carbons (Fsp3) is 0.273. The summed E-state index contributed by atoms with van der Waals surface area (Å²) in [6.45, 7) is 3.07. The summed E-state index contributed by atoms with van der Waals surface area (Å²) in [5, 5.41) is 6.88. The van der Waals surface area contributed by atoms with E-state index in [0.717, 1.165) is 5.56 Å². The fourth-order valence-corrected chi connectivity index (χ4v) is 3.41. The zero-order valence-corrected chi connectivity index (χ0v) is 16.3. The quantitative estimate of drug-likeness (QED) is 0.710. The van der Waals surface area contributed by atoms with E-state index in [9.17, 15) is 4.79 Å². The van der Waals surface area contributed by atoms with Crippen LogP contribution in [0.3, 0.4) is 0 Å². The van der Waals surface area contributed by atoms with Gasteiger partial charge in [-0.25, -0.2) is 0 Å². The van der Waals surface area contributed by atoms with Crippen molar-refractivity contribution in [2.75, 3.05) is 13.2 Å². The number of hydrogen-bond donors (Lipinski definition) is 1. The molecule has 1 aromatic heterocycles. The molecule has 2 aliphatic rings. The van der Waals surface area contributed by atoms with Gasteiger partial charge in [-0.3, -0.25) is 4.79 Å². The van der Waals surface area contributed by atoms with Crippen LogP contribution < -0.4 is 24.3 Å². The zero-order chi connectivity index (χ0) is 20.5. The van der Waals surface area contributed by atoms with Crippen LogP contribution in [0.1, 0.15) is 12.6 Å². The first kappa shape index (κ1) is 18.4. The van der Waals surface area contributed by atoms with Gasteiger partial charge in [-0.1, -0.05) is 17.3 Å². The molecule has 0 saturated carbocycles. The van der Waals surface area contributed by atoms with Crippen molar-refractivity contribution in [1.82, 2.24) is 10.5 Å². The Morgan fingerprint density at radius 3 is 2.60 bits per heavy atom. The zero-order valence-electron chi connectivity index (χ0n) is 16.3. The number of benzene rings is 2. The molecular weight excluding hydrogens is 388 g/mol. The lowest BCUT2D eigenvalue weighted by Crippen LogP contribution is -2.48. The molecule has 0 fully saturated rings. The van der Waals surface area contributed by atoms with Gasteiger partial charge in [0, 0.05) is 11.6 Å². The summed E-state index contributed by atoms with van der Waals surface area (Å²) < 4.78 is 28.2. The summed E-state index contributed by atoms with van der Waals surface area (Å²) in [5.41, 5.74) is 1.41. The van der Waals surface area contributed by atoms with E-state index in [4.69, 9.17) is 23.5 Å². The molecule has 8 heteroatoms. The number of aromatic nitrogens is 1. The standard InChI is InChI=1S/C22H20N2O6/c1-13-21(29-18-5-3-2-4-17(18)28-13)22(25)23-12-15-11-19(30-24-15)14-6-7-16-20(10-14)27-9-8-26-16/h2-7,10-11,13,21H,8-9,12H2,1H3,(H,23,25). The van der Waals surface area contributed by atoms with Gasteiger partial charge < -0.3 is 28.8 Å². The van der Waals surface area contributed by atoms with Gasteiger partial charge in [0.05, 0.1) is 6.54 Å². The largest absolute Gasteiger partial charge is 0.486 e. The molecule has 0 saturated heterocycles. The van der Waals surface area contributed by atoms with Crippen LogP contribution >= 0.6 is 0 Å². The van der Waals surface area contributed by atoms with E-state index in [0.29, 0.717) is 47.7 Å². The van der Waals surface area contributed by atoms with Crippen molar-refractivity contribution in [2.45, 2.75) is 25.7 Å². The Morgan fingerprint density at radius 2 is 1.77 bits per heavy atom. The molecule has 0 radical (unpaired) electrons. The van der Waals surface area contributed by atoms with Gasteiger partial charge >= 0.3 is 0 Å². The summed E-state index contributed by atoms with van der Waals surface area (Å²) in [7, 11) is 0. The molecular formula is C22H20N2O6. The third-order valence-electron chi connectivity index (χ3n) is 4.93. The number of carbonyl (C=O) groups excluding carboxylic acids is 1. The Bertz CT molecular complexity index is 1080. The summed E-state index contributed by atoms with van der Waals surface area (Å²) in [4.78, 5) is 12.6. The molecule has 154 valence electrons. The Hall–Kier alpha value is -3.68. The summed E-state index contributed by atoms with van der Waals surface area (Å²) >= 11 is 0. The first-order chi connectivity index (χ1) is 14.7. The Balaban J connectivity index is 1.23. The predicted molar refractivity (Wildman–Crippen MR) is 106 cm³/mol. The third kappa shape index (κ3) is 3.52. The minimum Gasteiger partial charge on any atom is -0.486 e. The molecule has 5 rings (SSSR count). The lowest BCUT2D eigenvalue weighted by molar-refractivity contribution is -0.133. The van der Waals surface area contributed by atoms with E-state index < -0.39 is 12.2 Å². The highest BCUT2D eigenvalue weighted by atomic mass is 16.6. The highest BCUT2D eigenvalue weighted by molar-refractivity contribution is 5.82. The number of amides is 1. The minimum absolute atomic E-state index is 0.209. The second kappa shape index (κ2) is 7.62. The normalized spacial score (nSPS) is 19.2. The molecule has 3 heterocycles. The smallest absolute Gasteiger partial charge is 0.265 e. The molecule has 8 nitrogen and oxygen atoms in total. The fourth-order valence-electron chi connectivity index (χ4n) is 3.41. The Labute approximate surface area is 172 Å². The molecule has 2 unspecified atom stereocenters. The van der Waals surface area contributed by atoms with Gasteiger partial charge in [-0.15, -0.1) is 0 Å². The van der Waals surface area contributed by atoms with E-state index >= 15 is 0 Å². The van der Waals surface area contributed by atoms with Gasteiger partial charge in [0.2, 0.25) is 6.10 Å². The van der Waals surface area contributed by atoms with Gasteiger partial charge in [0.15, 0.2) is 28.8 Å². The second-order valence-corrected chi connectivity index (χ2v) is 7.07. The van der Waals surface area contributed by atoms with Gasteiger partial charge in [0.25, 0.3) is 5.91 Å². The van der Waals surface area contributed by atoms with Crippen LogP contribution in [0.5, 0.6) is 23.0 Å². The van der Waals surface area contributed by atoms with Crippen molar-refractivity contribution >= 4 is 5.91 Å². The van der Waals surface area contributed by atoms with Crippen LogP contribution in [-0.4, -0.2) is 36.5 Å². The molecule has 0 spiro atoms. The van der Waals surface area contributed by atoms with E-state index in [1.807, 2.05) is 36.4 Å². The van der Waals surface area contributed by atoms with Gasteiger partial charge in [-0.2, -0.15) is 0 Å². The maximum absolute atomic E-state index is 12.6. The van der Waals surface area contributed by atoms with Crippen LogP contribution in [0, 0.1) is 0 Å². The van der Waals surface area contributed by atoms with Crippen molar-refractivity contribution in [1.29, 1.82) is 0 Å². The number of hydrogen-bond acceptors (Lipinski definition) is 7. The summed E-state index contributed by atoms with van der Waals surface area (Å²) in [6.07, 6.45) is -1.16. The highest BCUT2D eigenvalue weighted by Crippen LogP contribution is 2.35. The van der Waals surface area contributed by atoms with Crippen molar-refractivity contribution in [3.8, 4) is 34.3 Å². The number of ether oxygens (including phenoxy) is 4. The van der Waals surface area contributed by atoms with Gasteiger partial charge in [0.1, 0.15) is 25.0 Å². The van der Waals surface area contributed by atoms with Crippen molar-refractivity contribution in [3.63, 3.8) is 0 Å². The number of carbonyl (C=O) groups is 1. The molecule has 1 N–H and O–H groups in total. The van der Waals surface area contributed by atoms with Crippen LogP contribution in [0.15, 0.2) is 53.1 Å². The van der Waals surface area contributed by atoms with Crippen LogP contribution in [-0.2, 0) is 11.3 Å². The lowest BCUT2D eigenvalue weighted by atomic mass is 10.1.